The second kappa shape index (κ2) is 5.88. The van der Waals surface area contributed by atoms with Gasteiger partial charge in [0, 0.05) is 12.8 Å². The first kappa shape index (κ1) is 8.75. The van der Waals surface area contributed by atoms with Crippen LogP contribution in [-0.4, -0.2) is 18.4 Å². The van der Waals surface area contributed by atoms with Gasteiger partial charge in [0.1, 0.15) is 12.6 Å². The highest BCUT2D eigenvalue weighted by Crippen LogP contribution is 1.87. The van der Waals surface area contributed by atoms with E-state index in [4.69, 9.17) is 0 Å². The molecule has 0 aliphatic rings. The smallest absolute Gasteiger partial charge is 0.156 e. The fraction of sp³-hybridized carbons (Fsp3) is 0.286. The van der Waals surface area contributed by atoms with Crippen LogP contribution in [0.25, 0.3) is 0 Å². The van der Waals surface area contributed by atoms with Gasteiger partial charge in [0.05, 0.1) is 0 Å². The fourth-order valence-electron chi connectivity index (χ4n) is 0.431. The molecule has 0 aliphatic carbocycles. The van der Waals surface area contributed by atoms with E-state index in [2.05, 4.69) is 0 Å². The van der Waals surface area contributed by atoms with Gasteiger partial charge in [-0.25, -0.2) is 0 Å². The van der Waals surface area contributed by atoms with E-state index in [-0.39, 0.29) is 18.6 Å². The maximum atomic E-state index is 10.6. The van der Waals surface area contributed by atoms with Crippen molar-refractivity contribution < 1.29 is 14.4 Å². The van der Waals surface area contributed by atoms with Crippen molar-refractivity contribution in [2.45, 2.75) is 12.8 Å². The van der Waals surface area contributed by atoms with E-state index >= 15 is 0 Å². The van der Waals surface area contributed by atoms with Crippen LogP contribution in [-0.2, 0) is 14.4 Å². The van der Waals surface area contributed by atoms with Crippen LogP contribution >= 0.6 is 0 Å². The molecular formula is C7H8O3. The Bertz CT molecular complexity index is 158. The Morgan fingerprint density at radius 3 is 2.50 bits per heavy atom. The number of hydrogen-bond acceptors (Lipinski definition) is 3. The van der Waals surface area contributed by atoms with Gasteiger partial charge in [-0.15, -0.1) is 0 Å². The number of hydrogen-bond donors (Lipinski definition) is 0. The Kier molecular flexibility index (Phi) is 5.14. The Balaban J connectivity index is 3.52. The van der Waals surface area contributed by atoms with Gasteiger partial charge in [0.15, 0.2) is 5.78 Å². The number of carbonyl (C=O) groups excluding carboxylic acids is 3. The van der Waals surface area contributed by atoms with Gasteiger partial charge < -0.3 is 4.79 Å². The van der Waals surface area contributed by atoms with E-state index < -0.39 is 0 Å². The van der Waals surface area contributed by atoms with Crippen LogP contribution in [0.15, 0.2) is 12.2 Å². The minimum absolute atomic E-state index is 0.188. The molecule has 0 saturated heterocycles. The summed E-state index contributed by atoms with van der Waals surface area (Å²) in [7, 11) is 0. The molecule has 3 nitrogen and oxygen atoms in total. The van der Waals surface area contributed by atoms with Gasteiger partial charge in [-0.3, -0.25) is 9.59 Å². The average Bonchev–Trinajstić information content (AvgIpc) is 1.97. The lowest BCUT2D eigenvalue weighted by Crippen LogP contribution is -1.92. The molecule has 0 aromatic heterocycles. The summed E-state index contributed by atoms with van der Waals surface area (Å²) >= 11 is 0. The lowest BCUT2D eigenvalue weighted by molar-refractivity contribution is -0.117. The predicted molar refractivity (Wildman–Crippen MR) is 35.5 cm³/mol. The van der Waals surface area contributed by atoms with Gasteiger partial charge in [-0.2, -0.15) is 0 Å². The van der Waals surface area contributed by atoms with E-state index in [0.29, 0.717) is 12.6 Å². The average molecular weight is 140 g/mol. The molecule has 0 radical (unpaired) electrons. The summed E-state index contributed by atoms with van der Waals surface area (Å²) in [5.74, 6) is -0.195. The monoisotopic (exact) mass is 140 g/mol. The lowest BCUT2D eigenvalue weighted by Gasteiger charge is -1.84. The maximum absolute atomic E-state index is 10.6. The third kappa shape index (κ3) is 4.90. The van der Waals surface area contributed by atoms with Crippen molar-refractivity contribution in [3.05, 3.63) is 12.2 Å². The van der Waals surface area contributed by atoms with Crippen LogP contribution < -0.4 is 0 Å². The zero-order valence-corrected chi connectivity index (χ0v) is 5.45. The number of ketones is 1. The van der Waals surface area contributed by atoms with E-state index in [1.807, 2.05) is 0 Å². The predicted octanol–water partition coefficient (Wildman–Crippen LogP) is 0.290. The second-order valence-electron chi connectivity index (χ2n) is 1.67. The molecule has 0 amide bonds. The lowest BCUT2D eigenvalue weighted by atomic mass is 10.2. The first-order chi connectivity index (χ1) is 4.81. The van der Waals surface area contributed by atoms with Crippen LogP contribution in [0.4, 0.5) is 0 Å². The molecule has 0 heterocycles. The molecule has 0 bridgehead atoms. The number of rotatable bonds is 5. The van der Waals surface area contributed by atoms with Gasteiger partial charge in [-0.05, 0) is 12.2 Å². The van der Waals surface area contributed by atoms with E-state index in [0.717, 1.165) is 12.2 Å². The molecule has 0 rings (SSSR count). The van der Waals surface area contributed by atoms with Crippen molar-refractivity contribution in [2.24, 2.45) is 0 Å². The minimum Gasteiger partial charge on any atom is -0.303 e. The van der Waals surface area contributed by atoms with Crippen LogP contribution in [0, 0.1) is 0 Å². The highest BCUT2D eigenvalue weighted by Gasteiger charge is 1.92. The standard InChI is InChI=1S/C7H8O3/c8-5-1-3-7(10)4-2-6-9/h1,3,5-6H,2,4H2/b3-1-. The summed E-state index contributed by atoms with van der Waals surface area (Å²) in [5, 5.41) is 0. The zero-order valence-electron chi connectivity index (χ0n) is 5.45. The van der Waals surface area contributed by atoms with Crippen LogP contribution in [0.2, 0.25) is 0 Å². The van der Waals surface area contributed by atoms with Crippen molar-refractivity contribution in [3.8, 4) is 0 Å². The molecular weight excluding hydrogens is 132 g/mol. The quantitative estimate of drug-likeness (QED) is 0.407. The Hall–Kier alpha value is -1.25. The van der Waals surface area contributed by atoms with Gasteiger partial charge in [-0.1, -0.05) is 0 Å². The summed E-state index contributed by atoms with van der Waals surface area (Å²) < 4.78 is 0. The second-order valence-corrected chi connectivity index (χ2v) is 1.67. The van der Waals surface area contributed by atoms with Crippen molar-refractivity contribution >= 4 is 18.4 Å². The minimum atomic E-state index is -0.195. The Labute approximate surface area is 58.7 Å². The number of carbonyl (C=O) groups is 3. The molecule has 3 heteroatoms. The van der Waals surface area contributed by atoms with Crippen LogP contribution in [0.3, 0.4) is 0 Å². The normalized spacial score (nSPS) is 9.60. The Morgan fingerprint density at radius 2 is 2.00 bits per heavy atom. The molecule has 0 N–H and O–H groups in total. The largest absolute Gasteiger partial charge is 0.303 e. The van der Waals surface area contributed by atoms with Crippen molar-refractivity contribution in [3.63, 3.8) is 0 Å². The third-order valence-corrected chi connectivity index (χ3v) is 0.869. The topological polar surface area (TPSA) is 51.2 Å². The number of aldehydes is 2. The molecule has 0 fully saturated rings. The van der Waals surface area contributed by atoms with Gasteiger partial charge >= 0.3 is 0 Å². The molecule has 0 spiro atoms. The summed E-state index contributed by atoms with van der Waals surface area (Å²) in [5.41, 5.74) is 0. The summed E-state index contributed by atoms with van der Waals surface area (Å²) in [4.78, 5) is 30.0. The van der Waals surface area contributed by atoms with Crippen molar-refractivity contribution in [2.75, 3.05) is 0 Å². The molecule has 10 heavy (non-hydrogen) atoms. The maximum Gasteiger partial charge on any atom is 0.156 e. The molecule has 54 valence electrons. The highest BCUT2D eigenvalue weighted by molar-refractivity contribution is 5.93. The highest BCUT2D eigenvalue weighted by atomic mass is 16.1. The zero-order chi connectivity index (χ0) is 7.82. The van der Waals surface area contributed by atoms with Crippen LogP contribution in [0.1, 0.15) is 12.8 Å². The first-order valence-electron chi connectivity index (χ1n) is 2.89. The summed E-state index contributed by atoms with van der Waals surface area (Å²) in [6.45, 7) is 0. The third-order valence-electron chi connectivity index (χ3n) is 0.869. The molecule has 0 aromatic carbocycles. The molecule has 0 saturated carbocycles. The SMILES string of the molecule is O=C/C=C\C(=O)CCC=O. The first-order valence-corrected chi connectivity index (χ1v) is 2.89. The van der Waals surface area contributed by atoms with E-state index in [1.165, 1.54) is 0 Å². The van der Waals surface area contributed by atoms with Crippen molar-refractivity contribution in [1.82, 2.24) is 0 Å². The van der Waals surface area contributed by atoms with Crippen LogP contribution in [0.5, 0.6) is 0 Å². The molecule has 0 unspecified atom stereocenters. The molecule has 0 aromatic rings. The number of allylic oxidation sites excluding steroid dienone is 2. The van der Waals surface area contributed by atoms with E-state index in [1.54, 1.807) is 0 Å². The van der Waals surface area contributed by atoms with Gasteiger partial charge in [0.2, 0.25) is 0 Å². The summed E-state index contributed by atoms with van der Waals surface area (Å²) in [6, 6.07) is 0. The van der Waals surface area contributed by atoms with E-state index in [9.17, 15) is 14.4 Å². The molecule has 0 atom stereocenters. The van der Waals surface area contributed by atoms with Gasteiger partial charge in [0.25, 0.3) is 0 Å². The Morgan fingerprint density at radius 1 is 1.30 bits per heavy atom. The summed E-state index contributed by atoms with van der Waals surface area (Å²) in [6.07, 6.45) is 3.89. The molecule has 0 aliphatic heterocycles. The fourth-order valence-corrected chi connectivity index (χ4v) is 0.431. The van der Waals surface area contributed by atoms with Crippen molar-refractivity contribution in [1.29, 1.82) is 0 Å².